The number of carbonyl (C=O) groups excluding carboxylic acids is 2. The normalized spacial score (nSPS) is 17.4. The molecule has 0 saturated carbocycles. The van der Waals surface area contributed by atoms with Crippen LogP contribution in [0, 0.1) is 5.92 Å². The summed E-state index contributed by atoms with van der Waals surface area (Å²) in [5.41, 5.74) is 5.52. The molecule has 0 radical (unpaired) electrons. The number of aromatic nitrogens is 1. The molecule has 16 heavy (non-hydrogen) atoms. The fraction of sp³-hybridized carbons (Fsp3) is 0.500. The first kappa shape index (κ1) is 10.7. The van der Waals surface area contributed by atoms with Gasteiger partial charge in [0.05, 0.1) is 0 Å². The lowest BCUT2D eigenvalue weighted by Gasteiger charge is -2.29. The zero-order chi connectivity index (χ0) is 11.5. The first-order valence-corrected chi connectivity index (χ1v) is 5.17. The van der Waals surface area contributed by atoms with E-state index >= 15 is 0 Å². The minimum atomic E-state index is -0.284. The van der Waals surface area contributed by atoms with E-state index in [0.29, 0.717) is 31.6 Å². The van der Waals surface area contributed by atoms with Crippen molar-refractivity contribution in [2.75, 3.05) is 13.1 Å². The summed E-state index contributed by atoms with van der Waals surface area (Å²) in [6.07, 6.45) is 2.61. The highest BCUT2D eigenvalue weighted by atomic mass is 16.5. The van der Waals surface area contributed by atoms with Crippen molar-refractivity contribution in [3.05, 3.63) is 18.0 Å². The van der Waals surface area contributed by atoms with E-state index in [1.54, 1.807) is 4.90 Å². The Morgan fingerprint density at radius 3 is 2.62 bits per heavy atom. The number of nitrogens with two attached hydrogens (primary N) is 1. The van der Waals surface area contributed by atoms with Crippen molar-refractivity contribution in [1.82, 2.24) is 10.1 Å². The van der Waals surface area contributed by atoms with Crippen molar-refractivity contribution in [3.8, 4) is 0 Å². The molecule has 86 valence electrons. The summed E-state index contributed by atoms with van der Waals surface area (Å²) < 4.78 is 4.61. The van der Waals surface area contributed by atoms with Crippen LogP contribution in [-0.2, 0) is 4.79 Å². The Hall–Kier alpha value is -1.85. The van der Waals surface area contributed by atoms with Crippen LogP contribution in [0.25, 0.3) is 0 Å². The van der Waals surface area contributed by atoms with Crippen molar-refractivity contribution in [2.45, 2.75) is 12.8 Å². The molecule has 2 rings (SSSR count). The zero-order valence-electron chi connectivity index (χ0n) is 8.76. The minimum absolute atomic E-state index is 0.110. The monoisotopic (exact) mass is 223 g/mol. The molecule has 0 unspecified atom stereocenters. The van der Waals surface area contributed by atoms with E-state index in [9.17, 15) is 9.59 Å². The maximum Gasteiger partial charge on any atom is 0.276 e. The first-order valence-electron chi connectivity index (χ1n) is 5.17. The van der Waals surface area contributed by atoms with Gasteiger partial charge in [-0.1, -0.05) is 5.16 Å². The SMILES string of the molecule is NC(=O)C1CCN(C(=O)c2ccon2)CC1. The van der Waals surface area contributed by atoms with Gasteiger partial charge in [-0.2, -0.15) is 0 Å². The van der Waals surface area contributed by atoms with E-state index in [2.05, 4.69) is 9.68 Å². The van der Waals surface area contributed by atoms with Crippen LogP contribution in [-0.4, -0.2) is 35.0 Å². The van der Waals surface area contributed by atoms with E-state index in [1.807, 2.05) is 0 Å². The van der Waals surface area contributed by atoms with E-state index in [0.717, 1.165) is 0 Å². The largest absolute Gasteiger partial charge is 0.369 e. The van der Waals surface area contributed by atoms with Crippen molar-refractivity contribution >= 4 is 11.8 Å². The Bertz CT molecular complexity index is 380. The predicted molar refractivity (Wildman–Crippen MR) is 54.3 cm³/mol. The number of nitrogens with zero attached hydrogens (tertiary/aromatic N) is 2. The maximum atomic E-state index is 11.8. The van der Waals surface area contributed by atoms with E-state index in [-0.39, 0.29) is 17.7 Å². The number of hydrogen-bond acceptors (Lipinski definition) is 4. The molecule has 1 aliphatic rings. The molecule has 0 bridgehead atoms. The van der Waals surface area contributed by atoms with Gasteiger partial charge in [-0.25, -0.2) is 0 Å². The Labute approximate surface area is 92.4 Å². The molecule has 2 N–H and O–H groups in total. The average molecular weight is 223 g/mol. The van der Waals surface area contributed by atoms with Gasteiger partial charge < -0.3 is 15.2 Å². The lowest BCUT2D eigenvalue weighted by molar-refractivity contribution is -0.123. The molecule has 2 amide bonds. The van der Waals surface area contributed by atoms with Crippen LogP contribution in [0.5, 0.6) is 0 Å². The second kappa shape index (κ2) is 4.34. The van der Waals surface area contributed by atoms with Gasteiger partial charge in [0.1, 0.15) is 6.26 Å². The summed E-state index contributed by atoms with van der Waals surface area (Å²) >= 11 is 0. The highest BCUT2D eigenvalue weighted by molar-refractivity contribution is 5.92. The topological polar surface area (TPSA) is 89.4 Å². The van der Waals surface area contributed by atoms with Gasteiger partial charge in [0.2, 0.25) is 5.91 Å². The van der Waals surface area contributed by atoms with Crippen LogP contribution >= 0.6 is 0 Å². The van der Waals surface area contributed by atoms with Crippen LogP contribution in [0.15, 0.2) is 16.9 Å². The number of primary amides is 1. The number of likely N-dealkylation sites (tertiary alicyclic amines) is 1. The van der Waals surface area contributed by atoms with Gasteiger partial charge in [0, 0.05) is 25.1 Å². The Kier molecular flexibility index (Phi) is 2.89. The van der Waals surface area contributed by atoms with Crippen molar-refractivity contribution < 1.29 is 14.1 Å². The summed E-state index contributed by atoms with van der Waals surface area (Å²) in [7, 11) is 0. The molecule has 1 saturated heterocycles. The summed E-state index contributed by atoms with van der Waals surface area (Å²) in [5.74, 6) is -0.549. The number of carbonyl (C=O) groups is 2. The highest BCUT2D eigenvalue weighted by Crippen LogP contribution is 2.18. The van der Waals surface area contributed by atoms with E-state index in [4.69, 9.17) is 5.73 Å². The number of hydrogen-bond donors (Lipinski definition) is 1. The summed E-state index contributed by atoms with van der Waals surface area (Å²) in [5, 5.41) is 3.59. The molecule has 0 atom stereocenters. The van der Waals surface area contributed by atoms with Crippen molar-refractivity contribution in [1.29, 1.82) is 0 Å². The number of rotatable bonds is 2. The molecule has 0 aliphatic carbocycles. The van der Waals surface area contributed by atoms with Gasteiger partial charge in [-0.15, -0.1) is 0 Å². The van der Waals surface area contributed by atoms with Crippen LogP contribution in [0.3, 0.4) is 0 Å². The number of piperidine rings is 1. The Morgan fingerprint density at radius 2 is 2.12 bits per heavy atom. The molecule has 1 aromatic heterocycles. The smallest absolute Gasteiger partial charge is 0.276 e. The van der Waals surface area contributed by atoms with Gasteiger partial charge in [0.15, 0.2) is 5.69 Å². The minimum Gasteiger partial charge on any atom is -0.369 e. The second-order valence-electron chi connectivity index (χ2n) is 3.85. The van der Waals surface area contributed by atoms with Crippen LogP contribution < -0.4 is 5.73 Å². The second-order valence-corrected chi connectivity index (χ2v) is 3.85. The third-order valence-corrected chi connectivity index (χ3v) is 2.84. The molecule has 0 aromatic carbocycles. The summed E-state index contributed by atoms with van der Waals surface area (Å²) in [6, 6.07) is 1.53. The standard InChI is InChI=1S/C10H13N3O3/c11-9(14)7-1-4-13(5-2-7)10(15)8-3-6-16-12-8/h3,6-7H,1-2,4-5H2,(H2,11,14). The summed E-state index contributed by atoms with van der Waals surface area (Å²) in [4.78, 5) is 24.4. The van der Waals surface area contributed by atoms with E-state index in [1.165, 1.54) is 12.3 Å². The molecule has 1 fully saturated rings. The molecular weight excluding hydrogens is 210 g/mol. The molecule has 0 spiro atoms. The van der Waals surface area contributed by atoms with Gasteiger partial charge in [-0.3, -0.25) is 9.59 Å². The molecule has 1 aliphatic heterocycles. The highest BCUT2D eigenvalue weighted by Gasteiger charge is 2.27. The fourth-order valence-electron chi connectivity index (χ4n) is 1.85. The maximum absolute atomic E-state index is 11.8. The van der Waals surface area contributed by atoms with Crippen molar-refractivity contribution in [2.24, 2.45) is 11.7 Å². The van der Waals surface area contributed by atoms with Crippen LogP contribution in [0.2, 0.25) is 0 Å². The molecule has 6 heteroatoms. The molecule has 6 nitrogen and oxygen atoms in total. The first-order chi connectivity index (χ1) is 7.68. The third-order valence-electron chi connectivity index (χ3n) is 2.84. The zero-order valence-corrected chi connectivity index (χ0v) is 8.76. The third kappa shape index (κ3) is 2.05. The Morgan fingerprint density at radius 1 is 1.44 bits per heavy atom. The predicted octanol–water partition coefficient (Wildman–Crippen LogP) is 0.0121. The summed E-state index contributed by atoms with van der Waals surface area (Å²) in [6.45, 7) is 1.08. The Balaban J connectivity index is 1.94. The van der Waals surface area contributed by atoms with Gasteiger partial charge >= 0.3 is 0 Å². The quantitative estimate of drug-likeness (QED) is 0.764. The lowest BCUT2D eigenvalue weighted by Crippen LogP contribution is -2.41. The van der Waals surface area contributed by atoms with Gasteiger partial charge in [0.25, 0.3) is 5.91 Å². The average Bonchev–Trinajstić information content (AvgIpc) is 2.81. The molecule has 2 heterocycles. The van der Waals surface area contributed by atoms with Crippen LogP contribution in [0.4, 0.5) is 0 Å². The fourth-order valence-corrected chi connectivity index (χ4v) is 1.85. The molecule has 1 aromatic rings. The van der Waals surface area contributed by atoms with E-state index < -0.39 is 0 Å². The lowest BCUT2D eigenvalue weighted by atomic mass is 9.96. The number of amides is 2. The van der Waals surface area contributed by atoms with Gasteiger partial charge in [-0.05, 0) is 12.8 Å². The molecular formula is C10H13N3O3. The van der Waals surface area contributed by atoms with Crippen LogP contribution in [0.1, 0.15) is 23.3 Å². The van der Waals surface area contributed by atoms with Crippen molar-refractivity contribution in [3.63, 3.8) is 0 Å².